The lowest BCUT2D eigenvalue weighted by Crippen LogP contribution is -2.13. The zero-order chi connectivity index (χ0) is 12.2. The Morgan fingerprint density at radius 3 is 2.75 bits per heavy atom. The largest absolute Gasteiger partial charge is 0.433 e. The smallest absolute Gasteiger partial charge is 0.396 e. The first-order valence-electron chi connectivity index (χ1n) is 4.50. The van der Waals surface area contributed by atoms with Crippen LogP contribution in [0.2, 0.25) is 0 Å². The normalized spacial score (nSPS) is 11.5. The molecular formula is C9H12F3N3O. The van der Waals surface area contributed by atoms with Gasteiger partial charge in [0.15, 0.2) is 0 Å². The predicted octanol–water partition coefficient (Wildman–Crippen LogP) is 1.74. The van der Waals surface area contributed by atoms with Gasteiger partial charge in [0.25, 0.3) is 0 Å². The summed E-state index contributed by atoms with van der Waals surface area (Å²) in [7, 11) is 1.50. The highest BCUT2D eigenvalue weighted by Crippen LogP contribution is 2.30. The molecule has 90 valence electrons. The Bertz CT molecular complexity index is 354. The van der Waals surface area contributed by atoms with Crippen LogP contribution in [0.1, 0.15) is 5.69 Å². The number of hydrogen-bond acceptors (Lipinski definition) is 4. The van der Waals surface area contributed by atoms with Crippen molar-refractivity contribution in [3.8, 4) is 0 Å². The Morgan fingerprint density at radius 2 is 2.19 bits per heavy atom. The van der Waals surface area contributed by atoms with Crippen LogP contribution in [-0.2, 0) is 10.9 Å². The topological polar surface area (TPSA) is 60.2 Å². The number of alkyl halides is 3. The molecule has 0 aliphatic heterocycles. The number of rotatable bonds is 4. The van der Waals surface area contributed by atoms with Crippen LogP contribution in [0.4, 0.5) is 24.5 Å². The van der Waals surface area contributed by atoms with E-state index in [1.807, 2.05) is 0 Å². The van der Waals surface area contributed by atoms with Gasteiger partial charge in [0.05, 0.1) is 24.2 Å². The zero-order valence-corrected chi connectivity index (χ0v) is 8.64. The number of nitrogens with one attached hydrogen (secondary N) is 1. The van der Waals surface area contributed by atoms with Crippen molar-refractivity contribution < 1.29 is 17.9 Å². The Balaban J connectivity index is 2.83. The van der Waals surface area contributed by atoms with Crippen molar-refractivity contribution in [1.82, 2.24) is 4.98 Å². The average molecular weight is 235 g/mol. The van der Waals surface area contributed by atoms with Gasteiger partial charge in [0.2, 0.25) is 0 Å². The van der Waals surface area contributed by atoms with E-state index in [2.05, 4.69) is 10.3 Å². The lowest BCUT2D eigenvalue weighted by atomic mass is 10.2. The van der Waals surface area contributed by atoms with Gasteiger partial charge >= 0.3 is 6.18 Å². The van der Waals surface area contributed by atoms with Crippen molar-refractivity contribution in [2.24, 2.45) is 0 Å². The second-order valence-electron chi connectivity index (χ2n) is 3.07. The molecule has 0 aliphatic carbocycles. The first kappa shape index (κ1) is 12.6. The first-order valence-corrected chi connectivity index (χ1v) is 4.50. The van der Waals surface area contributed by atoms with Crippen molar-refractivity contribution >= 4 is 11.4 Å². The molecule has 0 aliphatic rings. The van der Waals surface area contributed by atoms with Crippen molar-refractivity contribution in [1.29, 1.82) is 0 Å². The summed E-state index contributed by atoms with van der Waals surface area (Å²) in [4.78, 5) is 3.22. The summed E-state index contributed by atoms with van der Waals surface area (Å²) < 4.78 is 41.8. The van der Waals surface area contributed by atoms with E-state index < -0.39 is 11.9 Å². The standard InChI is InChI=1S/C9H12F3N3O/c1-16-3-2-14-7-4-8(9(10,11)12)15-5-6(7)13/h4-5H,2-3,13H2,1H3,(H,14,15). The highest BCUT2D eigenvalue weighted by Gasteiger charge is 2.32. The first-order chi connectivity index (χ1) is 7.45. The van der Waals surface area contributed by atoms with Crippen molar-refractivity contribution in [2.45, 2.75) is 6.18 Å². The Morgan fingerprint density at radius 1 is 1.50 bits per heavy atom. The van der Waals surface area contributed by atoms with Crippen LogP contribution >= 0.6 is 0 Å². The van der Waals surface area contributed by atoms with Gasteiger partial charge < -0.3 is 15.8 Å². The summed E-state index contributed by atoms with van der Waals surface area (Å²) in [5.41, 5.74) is 4.89. The third-order valence-corrected chi connectivity index (χ3v) is 1.85. The Hall–Kier alpha value is -1.50. The molecule has 0 unspecified atom stereocenters. The summed E-state index contributed by atoms with van der Waals surface area (Å²) in [6.45, 7) is 0.755. The number of ether oxygens (including phenoxy) is 1. The van der Waals surface area contributed by atoms with Gasteiger partial charge in [-0.1, -0.05) is 0 Å². The summed E-state index contributed by atoms with van der Waals surface area (Å²) in [5, 5.41) is 2.74. The monoisotopic (exact) mass is 235 g/mol. The zero-order valence-electron chi connectivity index (χ0n) is 8.64. The molecule has 0 radical (unpaired) electrons. The molecule has 7 heteroatoms. The van der Waals surface area contributed by atoms with Gasteiger partial charge in [0, 0.05) is 13.7 Å². The number of nitrogen functional groups attached to an aromatic ring is 1. The van der Waals surface area contributed by atoms with E-state index in [0.29, 0.717) is 13.2 Å². The van der Waals surface area contributed by atoms with E-state index in [9.17, 15) is 13.2 Å². The molecule has 0 amide bonds. The quantitative estimate of drug-likeness (QED) is 0.780. The number of aromatic nitrogens is 1. The third-order valence-electron chi connectivity index (χ3n) is 1.85. The minimum atomic E-state index is -4.47. The molecule has 1 rings (SSSR count). The van der Waals surface area contributed by atoms with Crippen molar-refractivity contribution in [3.05, 3.63) is 18.0 Å². The van der Waals surface area contributed by atoms with Crippen LogP contribution in [0.15, 0.2) is 12.3 Å². The summed E-state index contributed by atoms with van der Waals surface area (Å²) in [5.74, 6) is 0. The molecule has 0 saturated carbocycles. The van der Waals surface area contributed by atoms with Crippen molar-refractivity contribution in [3.63, 3.8) is 0 Å². The minimum Gasteiger partial charge on any atom is -0.396 e. The number of hydrogen-bond donors (Lipinski definition) is 2. The Labute approximate surface area is 90.6 Å². The molecule has 1 aromatic rings. The molecule has 1 aromatic heterocycles. The van der Waals surface area contributed by atoms with E-state index in [0.717, 1.165) is 12.3 Å². The van der Waals surface area contributed by atoms with Gasteiger partial charge in [-0.25, -0.2) is 4.98 Å². The third kappa shape index (κ3) is 3.27. The molecule has 16 heavy (non-hydrogen) atoms. The number of nitrogens with two attached hydrogens (primary N) is 1. The summed E-state index contributed by atoms with van der Waals surface area (Å²) >= 11 is 0. The van der Waals surface area contributed by atoms with Gasteiger partial charge in [-0.2, -0.15) is 13.2 Å². The summed E-state index contributed by atoms with van der Waals surface area (Å²) in [6.07, 6.45) is -3.48. The van der Waals surface area contributed by atoms with E-state index in [4.69, 9.17) is 10.5 Å². The number of halogens is 3. The van der Waals surface area contributed by atoms with E-state index in [1.165, 1.54) is 7.11 Å². The molecule has 0 saturated heterocycles. The number of methoxy groups -OCH3 is 1. The molecule has 0 spiro atoms. The SMILES string of the molecule is COCCNc1cc(C(F)(F)F)ncc1N. The molecule has 1 heterocycles. The van der Waals surface area contributed by atoms with Crippen LogP contribution in [0.25, 0.3) is 0 Å². The van der Waals surface area contributed by atoms with Crippen LogP contribution in [-0.4, -0.2) is 25.2 Å². The lowest BCUT2D eigenvalue weighted by Gasteiger charge is -2.11. The molecule has 0 atom stereocenters. The van der Waals surface area contributed by atoms with Crippen LogP contribution in [0.3, 0.4) is 0 Å². The van der Waals surface area contributed by atoms with Gasteiger partial charge in [-0.15, -0.1) is 0 Å². The fourth-order valence-electron chi connectivity index (χ4n) is 1.06. The fraction of sp³-hybridized carbons (Fsp3) is 0.444. The van der Waals surface area contributed by atoms with Gasteiger partial charge in [-0.05, 0) is 6.07 Å². The number of anilines is 2. The maximum absolute atomic E-state index is 12.3. The average Bonchev–Trinajstić information content (AvgIpc) is 2.19. The highest BCUT2D eigenvalue weighted by atomic mass is 19.4. The maximum atomic E-state index is 12.3. The molecule has 0 aromatic carbocycles. The second-order valence-corrected chi connectivity index (χ2v) is 3.07. The number of pyridine rings is 1. The minimum absolute atomic E-state index is 0.170. The fourth-order valence-corrected chi connectivity index (χ4v) is 1.06. The van der Waals surface area contributed by atoms with Crippen LogP contribution < -0.4 is 11.1 Å². The van der Waals surface area contributed by atoms with Gasteiger partial charge in [0.1, 0.15) is 5.69 Å². The molecular weight excluding hydrogens is 223 g/mol. The van der Waals surface area contributed by atoms with Crippen LogP contribution in [0.5, 0.6) is 0 Å². The maximum Gasteiger partial charge on any atom is 0.433 e. The van der Waals surface area contributed by atoms with E-state index >= 15 is 0 Å². The lowest BCUT2D eigenvalue weighted by molar-refractivity contribution is -0.141. The molecule has 0 bridgehead atoms. The Kier molecular flexibility index (Phi) is 3.94. The molecule has 3 N–H and O–H groups in total. The highest BCUT2D eigenvalue weighted by molar-refractivity contribution is 5.65. The van der Waals surface area contributed by atoms with Crippen LogP contribution in [0, 0.1) is 0 Å². The number of nitrogens with zero attached hydrogens (tertiary/aromatic N) is 1. The van der Waals surface area contributed by atoms with Crippen molar-refractivity contribution in [2.75, 3.05) is 31.3 Å². The summed E-state index contributed by atoms with van der Waals surface area (Å²) in [6, 6.07) is 0.880. The second kappa shape index (κ2) is 5.02. The predicted molar refractivity (Wildman–Crippen MR) is 54.0 cm³/mol. The molecule has 0 fully saturated rings. The molecule has 4 nitrogen and oxygen atoms in total. The van der Waals surface area contributed by atoms with E-state index in [-0.39, 0.29) is 11.4 Å². The van der Waals surface area contributed by atoms with E-state index in [1.54, 1.807) is 0 Å². The van der Waals surface area contributed by atoms with Gasteiger partial charge in [-0.3, -0.25) is 0 Å².